The van der Waals surface area contributed by atoms with Gasteiger partial charge in [0.05, 0.1) is 17.5 Å². The van der Waals surface area contributed by atoms with Gasteiger partial charge < -0.3 is 5.32 Å². The summed E-state index contributed by atoms with van der Waals surface area (Å²) in [6.45, 7) is 1.63. The Balaban J connectivity index is 1.61. The maximum atomic E-state index is 13.8. The van der Waals surface area contributed by atoms with E-state index in [9.17, 15) is 13.6 Å². The number of halogens is 2. The Hall–Kier alpha value is -2.81. The number of hydrogen-bond donors (Lipinski definition) is 1. The number of thioether (sulfide) groups is 1. The summed E-state index contributed by atoms with van der Waals surface area (Å²) < 4.78 is 28.3. The van der Waals surface area contributed by atoms with Crippen molar-refractivity contribution in [2.45, 2.75) is 18.1 Å². The highest BCUT2D eigenvalue weighted by atomic mass is 32.2. The van der Waals surface area contributed by atoms with E-state index in [0.717, 1.165) is 29.6 Å². The molecular weight excluding hydrogens is 360 g/mol. The molecule has 134 valence electrons. The number of carbonyl (C=O) groups excluding carboxylic acids is 1. The van der Waals surface area contributed by atoms with Crippen LogP contribution in [0.2, 0.25) is 0 Å². The average molecular weight is 375 g/mol. The van der Waals surface area contributed by atoms with E-state index < -0.39 is 17.7 Å². The second-order valence-electron chi connectivity index (χ2n) is 5.45. The maximum Gasteiger partial charge on any atom is 0.230 e. The molecule has 0 aliphatic carbocycles. The molecule has 0 unspecified atom stereocenters. The molecule has 1 heterocycles. The van der Waals surface area contributed by atoms with E-state index in [1.165, 1.54) is 10.7 Å². The molecular formula is C17H15F2N5OS. The van der Waals surface area contributed by atoms with E-state index in [4.69, 9.17) is 0 Å². The minimum atomic E-state index is -0.696. The third-order valence-electron chi connectivity index (χ3n) is 3.58. The molecule has 1 amide bonds. The number of nitrogens with zero attached hydrogens (tertiary/aromatic N) is 4. The summed E-state index contributed by atoms with van der Waals surface area (Å²) in [5.74, 6) is -1.61. The smallest absolute Gasteiger partial charge is 0.230 e. The lowest BCUT2D eigenvalue weighted by Gasteiger charge is -2.15. The van der Waals surface area contributed by atoms with Gasteiger partial charge in [0.2, 0.25) is 11.1 Å². The fraction of sp³-hybridized carbons (Fsp3) is 0.176. The van der Waals surface area contributed by atoms with Crippen LogP contribution in [0.4, 0.5) is 8.78 Å². The Morgan fingerprint density at radius 3 is 2.73 bits per heavy atom. The Bertz CT molecular complexity index is 903. The van der Waals surface area contributed by atoms with Crippen LogP contribution in [0.3, 0.4) is 0 Å². The zero-order chi connectivity index (χ0) is 18.5. The fourth-order valence-electron chi connectivity index (χ4n) is 2.34. The van der Waals surface area contributed by atoms with Crippen LogP contribution >= 0.6 is 11.8 Å². The molecule has 0 aliphatic rings. The highest BCUT2D eigenvalue weighted by molar-refractivity contribution is 7.99. The normalized spacial score (nSPS) is 12.0. The Kier molecular flexibility index (Phi) is 5.57. The molecule has 3 rings (SSSR count). The molecule has 2 aromatic carbocycles. The van der Waals surface area contributed by atoms with Gasteiger partial charge in [0.25, 0.3) is 0 Å². The van der Waals surface area contributed by atoms with Gasteiger partial charge in [-0.25, -0.2) is 8.78 Å². The molecule has 1 N–H and O–H groups in total. The zero-order valence-electron chi connectivity index (χ0n) is 13.8. The molecule has 0 saturated carbocycles. The van der Waals surface area contributed by atoms with Gasteiger partial charge >= 0.3 is 0 Å². The number of tetrazole rings is 1. The average Bonchev–Trinajstić information content (AvgIpc) is 3.09. The van der Waals surface area contributed by atoms with Crippen LogP contribution in [0, 0.1) is 11.6 Å². The van der Waals surface area contributed by atoms with Crippen LogP contribution < -0.4 is 5.32 Å². The molecule has 9 heteroatoms. The van der Waals surface area contributed by atoms with Gasteiger partial charge in [-0.1, -0.05) is 36.0 Å². The molecule has 0 spiro atoms. The molecule has 0 bridgehead atoms. The summed E-state index contributed by atoms with van der Waals surface area (Å²) >= 11 is 1.16. The number of benzene rings is 2. The minimum absolute atomic E-state index is 0.0559. The summed E-state index contributed by atoms with van der Waals surface area (Å²) in [6.07, 6.45) is 0. The lowest BCUT2D eigenvalue weighted by Crippen LogP contribution is -2.28. The standard InChI is InChI=1S/C17H15F2N5OS/c1-11(14-8-7-12(18)9-15(14)19)20-16(25)10-26-17-21-22-23-24(17)13-5-3-2-4-6-13/h2-9,11H,10H2,1H3,(H,20,25)/t11-/m1/s1. The lowest BCUT2D eigenvalue weighted by molar-refractivity contribution is -0.119. The van der Waals surface area contributed by atoms with Crippen LogP contribution in [-0.2, 0) is 4.79 Å². The molecule has 1 atom stereocenters. The summed E-state index contributed by atoms with van der Waals surface area (Å²) in [6, 6.07) is 12.0. The first-order valence-electron chi connectivity index (χ1n) is 7.75. The SMILES string of the molecule is C[C@@H](NC(=O)CSc1nnnn1-c1ccccc1)c1ccc(F)cc1F. The Morgan fingerprint density at radius 2 is 2.00 bits per heavy atom. The van der Waals surface area contributed by atoms with Crippen LogP contribution in [0.1, 0.15) is 18.5 Å². The largest absolute Gasteiger partial charge is 0.349 e. The van der Waals surface area contributed by atoms with Gasteiger partial charge in [0.15, 0.2) is 0 Å². The van der Waals surface area contributed by atoms with Gasteiger partial charge in [0.1, 0.15) is 11.6 Å². The van der Waals surface area contributed by atoms with Gasteiger partial charge in [0, 0.05) is 11.6 Å². The second-order valence-corrected chi connectivity index (χ2v) is 6.40. The van der Waals surface area contributed by atoms with E-state index in [0.29, 0.717) is 5.16 Å². The van der Waals surface area contributed by atoms with Crippen molar-refractivity contribution in [2.24, 2.45) is 0 Å². The first-order chi connectivity index (χ1) is 12.5. The van der Waals surface area contributed by atoms with Crippen LogP contribution in [-0.4, -0.2) is 31.9 Å². The molecule has 0 aliphatic heterocycles. The number of nitrogens with one attached hydrogen (secondary N) is 1. The van der Waals surface area contributed by atoms with E-state index in [1.807, 2.05) is 30.3 Å². The Morgan fingerprint density at radius 1 is 1.23 bits per heavy atom. The highest BCUT2D eigenvalue weighted by Gasteiger charge is 2.16. The monoisotopic (exact) mass is 375 g/mol. The highest BCUT2D eigenvalue weighted by Crippen LogP contribution is 2.20. The Labute approximate surface area is 152 Å². The van der Waals surface area contributed by atoms with Gasteiger partial charge in [-0.2, -0.15) is 4.68 Å². The van der Waals surface area contributed by atoms with Crippen LogP contribution in [0.25, 0.3) is 5.69 Å². The predicted molar refractivity (Wildman–Crippen MR) is 92.8 cm³/mol. The van der Waals surface area contributed by atoms with E-state index in [-0.39, 0.29) is 17.2 Å². The summed E-state index contributed by atoms with van der Waals surface area (Å²) in [4.78, 5) is 12.1. The second kappa shape index (κ2) is 8.05. The van der Waals surface area contributed by atoms with E-state index in [2.05, 4.69) is 20.8 Å². The summed E-state index contributed by atoms with van der Waals surface area (Å²) in [7, 11) is 0. The number of amides is 1. The predicted octanol–water partition coefficient (Wildman–Crippen LogP) is 2.91. The first-order valence-corrected chi connectivity index (χ1v) is 8.74. The zero-order valence-corrected chi connectivity index (χ0v) is 14.6. The lowest BCUT2D eigenvalue weighted by atomic mass is 10.1. The van der Waals surface area contributed by atoms with Crippen molar-refractivity contribution >= 4 is 17.7 Å². The molecule has 6 nitrogen and oxygen atoms in total. The number of aromatic nitrogens is 4. The van der Waals surface area contributed by atoms with Crippen molar-refractivity contribution < 1.29 is 13.6 Å². The maximum absolute atomic E-state index is 13.8. The van der Waals surface area contributed by atoms with E-state index in [1.54, 1.807) is 6.92 Å². The first kappa shape index (κ1) is 18.0. The van der Waals surface area contributed by atoms with Crippen molar-refractivity contribution in [3.8, 4) is 5.69 Å². The topological polar surface area (TPSA) is 72.7 Å². The van der Waals surface area contributed by atoms with Gasteiger partial charge in [-0.15, -0.1) is 5.10 Å². The van der Waals surface area contributed by atoms with Crippen molar-refractivity contribution in [1.29, 1.82) is 0 Å². The summed E-state index contributed by atoms with van der Waals surface area (Å²) in [5.41, 5.74) is 1.00. The molecule has 26 heavy (non-hydrogen) atoms. The molecule has 3 aromatic rings. The molecule has 0 saturated heterocycles. The van der Waals surface area contributed by atoms with E-state index >= 15 is 0 Å². The van der Waals surface area contributed by atoms with Crippen molar-refractivity contribution in [2.75, 3.05) is 5.75 Å². The van der Waals surface area contributed by atoms with Crippen molar-refractivity contribution in [3.63, 3.8) is 0 Å². The van der Waals surface area contributed by atoms with Crippen LogP contribution in [0.15, 0.2) is 53.7 Å². The van der Waals surface area contributed by atoms with Gasteiger partial charge in [-0.05, 0) is 35.5 Å². The molecule has 1 aromatic heterocycles. The number of carbonyl (C=O) groups is 1. The molecule has 0 radical (unpaired) electrons. The number of rotatable bonds is 6. The number of para-hydroxylation sites is 1. The van der Waals surface area contributed by atoms with Gasteiger partial charge in [-0.3, -0.25) is 4.79 Å². The quantitative estimate of drug-likeness (QED) is 0.671. The van der Waals surface area contributed by atoms with Crippen molar-refractivity contribution in [3.05, 3.63) is 65.7 Å². The fourth-order valence-corrected chi connectivity index (χ4v) is 3.05. The van der Waals surface area contributed by atoms with Crippen molar-refractivity contribution in [1.82, 2.24) is 25.5 Å². The van der Waals surface area contributed by atoms with Crippen LogP contribution in [0.5, 0.6) is 0 Å². The number of hydrogen-bond acceptors (Lipinski definition) is 5. The third kappa shape index (κ3) is 4.23. The molecule has 0 fully saturated rings. The third-order valence-corrected chi connectivity index (χ3v) is 4.50. The summed E-state index contributed by atoms with van der Waals surface area (Å²) in [5, 5.41) is 14.6. The minimum Gasteiger partial charge on any atom is -0.349 e.